The van der Waals surface area contributed by atoms with Gasteiger partial charge in [0.05, 0.1) is 17.6 Å². The zero-order chi connectivity index (χ0) is 17.1. The lowest BCUT2D eigenvalue weighted by Gasteiger charge is -2.22. The topological polar surface area (TPSA) is 70.7 Å². The van der Waals surface area contributed by atoms with Crippen molar-refractivity contribution in [1.29, 1.82) is 0 Å². The Hall–Kier alpha value is -2.25. The van der Waals surface area contributed by atoms with Gasteiger partial charge in [-0.25, -0.2) is 10.2 Å². The Balaban J connectivity index is 1.96. The maximum absolute atomic E-state index is 12.5. The molecule has 2 N–H and O–H groups in total. The third-order valence-electron chi connectivity index (χ3n) is 3.41. The summed E-state index contributed by atoms with van der Waals surface area (Å²) in [6, 6.07) is 12.0. The Morgan fingerprint density at radius 1 is 1.17 bits per heavy atom. The molecule has 2 aromatic carbocycles. The Kier molecular flexibility index (Phi) is 4.92. The first-order valence-electron chi connectivity index (χ1n) is 7.06. The first-order valence-corrected chi connectivity index (χ1v) is 8.56. The fraction of sp³-hybridized carbons (Fsp3) is 0.125. The molecule has 8 heteroatoms. The lowest BCUT2D eigenvalue weighted by atomic mass is 10.2. The molecular weight excluding hydrogens is 398 g/mol. The lowest BCUT2D eigenvalue weighted by Crippen LogP contribution is -2.49. The van der Waals surface area contributed by atoms with Gasteiger partial charge in [0, 0.05) is 10.6 Å². The number of amides is 3. The molecule has 0 fully saturated rings. The average Bonchev–Trinajstić information content (AvgIpc) is 2.75. The standard InChI is InChI=1S/C16H13BrClN3O3/c17-8-15(22)19-20-16(23)21-9-10-3-1-2-4-13(10)24-14-6-5-11(18)7-12(14)21/h1-7H,8-9H2,(H,19,22)(H,20,23). The van der Waals surface area contributed by atoms with Crippen LogP contribution in [0.15, 0.2) is 42.5 Å². The molecule has 0 unspecified atom stereocenters. The summed E-state index contributed by atoms with van der Waals surface area (Å²) < 4.78 is 5.91. The van der Waals surface area contributed by atoms with E-state index in [1.165, 1.54) is 4.90 Å². The zero-order valence-corrected chi connectivity index (χ0v) is 14.7. The zero-order valence-electron chi connectivity index (χ0n) is 12.4. The van der Waals surface area contributed by atoms with E-state index in [0.717, 1.165) is 5.56 Å². The maximum Gasteiger partial charge on any atom is 0.341 e. The number of benzene rings is 2. The first-order chi connectivity index (χ1) is 11.6. The number of hydrogen-bond donors (Lipinski definition) is 2. The molecule has 3 rings (SSSR count). The van der Waals surface area contributed by atoms with Gasteiger partial charge in [0.1, 0.15) is 5.75 Å². The molecule has 1 heterocycles. The van der Waals surface area contributed by atoms with E-state index in [4.69, 9.17) is 16.3 Å². The van der Waals surface area contributed by atoms with Gasteiger partial charge in [-0.05, 0) is 24.3 Å². The fourth-order valence-electron chi connectivity index (χ4n) is 2.30. The molecule has 0 atom stereocenters. The van der Waals surface area contributed by atoms with Gasteiger partial charge >= 0.3 is 6.03 Å². The van der Waals surface area contributed by atoms with E-state index in [0.29, 0.717) is 22.2 Å². The van der Waals surface area contributed by atoms with Crippen LogP contribution in [-0.4, -0.2) is 17.3 Å². The number of rotatable bonds is 1. The van der Waals surface area contributed by atoms with Gasteiger partial charge in [-0.1, -0.05) is 45.7 Å². The van der Waals surface area contributed by atoms with Gasteiger partial charge in [0.2, 0.25) is 5.91 Å². The van der Waals surface area contributed by atoms with Gasteiger partial charge in [-0.2, -0.15) is 0 Å². The summed E-state index contributed by atoms with van der Waals surface area (Å²) in [6.07, 6.45) is 0. The second kappa shape index (κ2) is 7.11. The number of ether oxygens (including phenoxy) is 1. The van der Waals surface area contributed by atoms with Gasteiger partial charge in [0.15, 0.2) is 5.75 Å². The second-order valence-electron chi connectivity index (χ2n) is 5.02. The van der Waals surface area contributed by atoms with Crippen molar-refractivity contribution < 1.29 is 14.3 Å². The highest BCUT2D eigenvalue weighted by molar-refractivity contribution is 9.09. The van der Waals surface area contributed by atoms with Crippen LogP contribution in [0.3, 0.4) is 0 Å². The average molecular weight is 411 g/mol. The molecule has 0 radical (unpaired) electrons. The minimum atomic E-state index is -0.492. The molecule has 1 aliphatic heterocycles. The predicted molar refractivity (Wildman–Crippen MR) is 94.6 cm³/mol. The molecule has 0 bridgehead atoms. The van der Waals surface area contributed by atoms with Crippen molar-refractivity contribution in [2.45, 2.75) is 6.54 Å². The van der Waals surface area contributed by atoms with Crippen LogP contribution in [0.5, 0.6) is 11.5 Å². The number of nitrogens with zero attached hydrogens (tertiary/aromatic N) is 1. The Labute approximate surface area is 151 Å². The molecule has 0 aliphatic carbocycles. The highest BCUT2D eigenvalue weighted by Crippen LogP contribution is 2.40. The van der Waals surface area contributed by atoms with Crippen molar-refractivity contribution in [3.05, 3.63) is 53.1 Å². The first kappa shape index (κ1) is 16.6. The highest BCUT2D eigenvalue weighted by atomic mass is 79.9. The van der Waals surface area contributed by atoms with Crippen molar-refractivity contribution in [2.75, 3.05) is 10.2 Å². The number of nitrogens with one attached hydrogen (secondary N) is 2. The molecule has 2 aromatic rings. The van der Waals surface area contributed by atoms with Gasteiger partial charge in [-0.15, -0.1) is 0 Å². The van der Waals surface area contributed by atoms with Crippen LogP contribution in [0.2, 0.25) is 5.02 Å². The number of hydrazine groups is 1. The van der Waals surface area contributed by atoms with Crippen LogP contribution in [0.25, 0.3) is 0 Å². The van der Waals surface area contributed by atoms with Gasteiger partial charge < -0.3 is 4.74 Å². The molecule has 0 spiro atoms. The summed E-state index contributed by atoms with van der Waals surface area (Å²) in [6.45, 7) is 0.277. The van der Waals surface area contributed by atoms with Crippen molar-refractivity contribution >= 4 is 45.2 Å². The van der Waals surface area contributed by atoms with Crippen molar-refractivity contribution in [3.8, 4) is 11.5 Å². The number of halogens is 2. The Bertz CT molecular complexity index is 800. The van der Waals surface area contributed by atoms with E-state index in [1.54, 1.807) is 18.2 Å². The van der Waals surface area contributed by atoms with Crippen LogP contribution in [0.4, 0.5) is 10.5 Å². The second-order valence-corrected chi connectivity index (χ2v) is 6.02. The largest absolute Gasteiger partial charge is 0.455 e. The van der Waals surface area contributed by atoms with Crippen LogP contribution in [-0.2, 0) is 11.3 Å². The number of carbonyl (C=O) groups excluding carboxylic acids is 2. The molecule has 1 aliphatic rings. The summed E-state index contributed by atoms with van der Waals surface area (Å²) in [7, 11) is 0. The Morgan fingerprint density at radius 3 is 2.75 bits per heavy atom. The van der Waals surface area contributed by atoms with Crippen molar-refractivity contribution in [1.82, 2.24) is 10.9 Å². The minimum absolute atomic E-state index is 0.0850. The summed E-state index contributed by atoms with van der Waals surface area (Å²) in [4.78, 5) is 25.3. The van der Waals surface area contributed by atoms with E-state index in [1.807, 2.05) is 24.3 Å². The maximum atomic E-state index is 12.5. The molecule has 124 valence electrons. The third-order valence-corrected chi connectivity index (χ3v) is 4.15. The number of anilines is 1. The monoisotopic (exact) mass is 409 g/mol. The Morgan fingerprint density at radius 2 is 1.96 bits per heavy atom. The molecular formula is C16H13BrClN3O3. The summed E-state index contributed by atoms with van der Waals surface area (Å²) in [5, 5.41) is 0.562. The lowest BCUT2D eigenvalue weighted by molar-refractivity contribution is -0.119. The SMILES string of the molecule is O=C(CBr)NNC(=O)N1Cc2ccccc2Oc2ccc(Cl)cc21. The minimum Gasteiger partial charge on any atom is -0.455 e. The number of urea groups is 1. The van der Waals surface area contributed by atoms with Crippen molar-refractivity contribution in [2.24, 2.45) is 0 Å². The van der Waals surface area contributed by atoms with E-state index >= 15 is 0 Å². The number of alkyl halides is 1. The molecule has 3 amide bonds. The molecule has 0 aromatic heterocycles. The van der Waals surface area contributed by atoms with Crippen LogP contribution < -0.4 is 20.5 Å². The number of hydrogen-bond acceptors (Lipinski definition) is 3. The van der Waals surface area contributed by atoms with Crippen LogP contribution in [0.1, 0.15) is 5.56 Å². The predicted octanol–water partition coefficient (Wildman–Crippen LogP) is 3.59. The smallest absolute Gasteiger partial charge is 0.341 e. The number of carbonyl (C=O) groups is 2. The summed E-state index contributed by atoms with van der Waals surface area (Å²) in [5.41, 5.74) is 6.06. The van der Waals surface area contributed by atoms with Crippen LogP contribution >= 0.6 is 27.5 Å². The quantitative estimate of drug-likeness (QED) is 0.557. The fourth-order valence-corrected chi connectivity index (χ4v) is 2.61. The summed E-state index contributed by atoms with van der Waals surface area (Å²) in [5.74, 6) is 0.813. The van der Waals surface area contributed by atoms with E-state index < -0.39 is 6.03 Å². The molecule has 0 saturated carbocycles. The number of fused-ring (bicyclic) bond motifs is 2. The molecule has 6 nitrogen and oxygen atoms in total. The highest BCUT2D eigenvalue weighted by Gasteiger charge is 2.25. The van der Waals surface area contributed by atoms with E-state index in [2.05, 4.69) is 26.8 Å². The van der Waals surface area contributed by atoms with E-state index in [9.17, 15) is 9.59 Å². The third kappa shape index (κ3) is 3.47. The normalized spacial score (nSPS) is 12.3. The van der Waals surface area contributed by atoms with Crippen LogP contribution in [0, 0.1) is 0 Å². The molecule has 24 heavy (non-hydrogen) atoms. The van der Waals surface area contributed by atoms with Gasteiger partial charge in [-0.3, -0.25) is 15.1 Å². The molecule has 0 saturated heterocycles. The summed E-state index contributed by atoms with van der Waals surface area (Å²) >= 11 is 9.09. The number of para-hydroxylation sites is 1. The van der Waals surface area contributed by atoms with E-state index in [-0.39, 0.29) is 17.8 Å². The van der Waals surface area contributed by atoms with Gasteiger partial charge in [0.25, 0.3) is 0 Å². The van der Waals surface area contributed by atoms with Crippen molar-refractivity contribution in [3.63, 3.8) is 0 Å².